The molecule has 0 aliphatic carbocycles. The monoisotopic (exact) mass is 521 g/mol. The summed E-state index contributed by atoms with van der Waals surface area (Å²) in [6.45, 7) is 19.3. The molecular weight excluding hydrogens is 470 g/mol. The van der Waals surface area contributed by atoms with Crippen molar-refractivity contribution >= 4 is 0 Å². The van der Waals surface area contributed by atoms with E-state index in [1.54, 1.807) is 0 Å². The van der Waals surface area contributed by atoms with E-state index in [9.17, 15) is 5.11 Å². The van der Waals surface area contributed by atoms with Gasteiger partial charge in [0.1, 0.15) is 12.5 Å². The predicted octanol–water partition coefficient (Wildman–Crippen LogP) is 7.49. The minimum atomic E-state index is -0.398. The molecule has 0 bridgehead atoms. The van der Waals surface area contributed by atoms with Crippen LogP contribution < -0.4 is 0 Å². The second-order valence-electron chi connectivity index (χ2n) is 14.0. The van der Waals surface area contributed by atoms with Gasteiger partial charge in [-0.05, 0) is 70.6 Å². The van der Waals surface area contributed by atoms with Gasteiger partial charge in [0.2, 0.25) is 0 Å². The highest BCUT2D eigenvalue weighted by Crippen LogP contribution is 2.41. The van der Waals surface area contributed by atoms with Gasteiger partial charge in [-0.3, -0.25) is 0 Å². The van der Waals surface area contributed by atoms with Gasteiger partial charge >= 0.3 is 0 Å². The van der Waals surface area contributed by atoms with Crippen molar-refractivity contribution in [1.29, 1.82) is 0 Å². The van der Waals surface area contributed by atoms with Gasteiger partial charge in [-0.15, -0.1) is 0 Å². The maximum absolute atomic E-state index is 10.4. The molecule has 2 heterocycles. The highest BCUT2D eigenvalue weighted by Gasteiger charge is 2.55. The van der Waals surface area contributed by atoms with Crippen LogP contribution in [0.15, 0.2) is 48.5 Å². The minimum absolute atomic E-state index is 0.00711. The number of nitrogens with zero attached hydrogens (tertiary/aromatic N) is 1. The van der Waals surface area contributed by atoms with Gasteiger partial charge in [-0.1, -0.05) is 104 Å². The van der Waals surface area contributed by atoms with Crippen LogP contribution in [0.25, 0.3) is 0 Å². The molecule has 2 aliphatic rings. The predicted molar refractivity (Wildman–Crippen MR) is 157 cm³/mol. The molecule has 0 spiro atoms. The first-order valence-electron chi connectivity index (χ1n) is 14.7. The SMILES string of the molecule is CC(CCC1OCC2(CO)COC(CCC(C)c3ccc(C(C)(C)C)cc3)N12)c1ccc(C(C)(C)C)cc1. The van der Waals surface area contributed by atoms with Crippen LogP contribution in [0.3, 0.4) is 0 Å². The van der Waals surface area contributed by atoms with E-state index >= 15 is 0 Å². The molecule has 210 valence electrons. The number of fused-ring (bicyclic) bond motifs is 1. The quantitative estimate of drug-likeness (QED) is 0.371. The highest BCUT2D eigenvalue weighted by molar-refractivity contribution is 5.30. The molecule has 2 aliphatic heterocycles. The number of rotatable bonds is 9. The normalized spacial score (nSPS) is 25.9. The van der Waals surface area contributed by atoms with Crippen molar-refractivity contribution in [2.75, 3.05) is 19.8 Å². The molecule has 0 amide bonds. The topological polar surface area (TPSA) is 41.9 Å². The summed E-state index contributed by atoms with van der Waals surface area (Å²) >= 11 is 0. The van der Waals surface area contributed by atoms with E-state index in [0.29, 0.717) is 25.0 Å². The van der Waals surface area contributed by atoms with E-state index in [4.69, 9.17) is 9.47 Å². The van der Waals surface area contributed by atoms with E-state index in [-0.39, 0.29) is 29.9 Å². The fraction of sp³-hybridized carbons (Fsp3) is 0.647. The lowest BCUT2D eigenvalue weighted by atomic mass is 9.85. The molecule has 0 saturated carbocycles. The average Bonchev–Trinajstić information content (AvgIpc) is 3.43. The molecule has 38 heavy (non-hydrogen) atoms. The van der Waals surface area contributed by atoms with E-state index in [1.807, 2.05) is 0 Å². The third kappa shape index (κ3) is 6.36. The molecule has 4 unspecified atom stereocenters. The Morgan fingerprint density at radius 2 is 1.11 bits per heavy atom. The van der Waals surface area contributed by atoms with Crippen LogP contribution in [-0.2, 0) is 20.3 Å². The zero-order chi connectivity index (χ0) is 27.7. The summed E-state index contributed by atoms with van der Waals surface area (Å²) in [5, 5.41) is 10.4. The largest absolute Gasteiger partial charge is 0.394 e. The van der Waals surface area contributed by atoms with Crippen molar-refractivity contribution in [2.24, 2.45) is 0 Å². The van der Waals surface area contributed by atoms with Gasteiger partial charge in [0.05, 0.1) is 25.4 Å². The lowest BCUT2D eigenvalue weighted by molar-refractivity contribution is -0.0672. The van der Waals surface area contributed by atoms with Crippen molar-refractivity contribution < 1.29 is 14.6 Å². The van der Waals surface area contributed by atoms with Crippen LogP contribution in [0.4, 0.5) is 0 Å². The van der Waals surface area contributed by atoms with Crippen molar-refractivity contribution in [3.05, 3.63) is 70.8 Å². The Morgan fingerprint density at radius 1 is 0.737 bits per heavy atom. The first-order valence-corrected chi connectivity index (χ1v) is 14.7. The molecule has 0 aromatic heterocycles. The molecule has 4 rings (SSSR count). The first kappa shape index (κ1) is 29.3. The number of aliphatic hydroxyl groups excluding tert-OH is 1. The van der Waals surface area contributed by atoms with Gasteiger partial charge in [0.15, 0.2) is 0 Å². The standard InChI is InChI=1S/C34H51NO3/c1-24(26-11-15-28(16-12-26)32(3,4)5)9-19-30-35-31(38-23-34(35,21-36)22-37-30)20-10-25(2)27-13-17-29(18-14-27)33(6,7)8/h11-18,24-25,30-31,36H,9-10,19-23H2,1-8H3. The Balaban J connectivity index is 1.36. The van der Waals surface area contributed by atoms with Crippen LogP contribution in [0.5, 0.6) is 0 Å². The van der Waals surface area contributed by atoms with Crippen LogP contribution in [0.1, 0.15) is 115 Å². The van der Waals surface area contributed by atoms with E-state index in [0.717, 1.165) is 25.7 Å². The Hall–Kier alpha value is -1.72. The van der Waals surface area contributed by atoms with Crippen molar-refractivity contribution in [3.63, 3.8) is 0 Å². The maximum atomic E-state index is 10.4. The second kappa shape index (κ2) is 11.4. The van der Waals surface area contributed by atoms with Gasteiger partial charge in [-0.2, -0.15) is 0 Å². The molecule has 4 nitrogen and oxygen atoms in total. The van der Waals surface area contributed by atoms with Crippen LogP contribution in [0, 0.1) is 0 Å². The van der Waals surface area contributed by atoms with Crippen LogP contribution >= 0.6 is 0 Å². The summed E-state index contributed by atoms with van der Waals surface area (Å²) in [5.74, 6) is 0.907. The van der Waals surface area contributed by atoms with Crippen molar-refractivity contribution in [1.82, 2.24) is 4.90 Å². The number of aliphatic hydroxyl groups is 1. The molecule has 2 aromatic carbocycles. The molecule has 1 N–H and O–H groups in total. The maximum Gasteiger partial charge on any atom is 0.113 e. The number of hydrogen-bond acceptors (Lipinski definition) is 4. The molecule has 2 fully saturated rings. The Bertz CT molecular complexity index is 952. The molecule has 0 radical (unpaired) electrons. The third-order valence-electron chi connectivity index (χ3n) is 8.94. The van der Waals surface area contributed by atoms with Gasteiger partial charge in [0, 0.05) is 0 Å². The fourth-order valence-corrected chi connectivity index (χ4v) is 6.01. The van der Waals surface area contributed by atoms with E-state index in [2.05, 4.69) is 109 Å². The van der Waals surface area contributed by atoms with Crippen LogP contribution in [0.2, 0.25) is 0 Å². The average molecular weight is 522 g/mol. The molecule has 2 saturated heterocycles. The summed E-state index contributed by atoms with van der Waals surface area (Å²) in [6.07, 6.45) is 3.95. The summed E-state index contributed by atoms with van der Waals surface area (Å²) in [5.41, 5.74) is 5.45. The molecule has 4 heteroatoms. The zero-order valence-corrected chi connectivity index (χ0v) is 25.1. The first-order chi connectivity index (χ1) is 17.8. The Labute approximate surface area is 231 Å². The summed E-state index contributed by atoms with van der Waals surface area (Å²) in [6, 6.07) is 18.2. The highest BCUT2D eigenvalue weighted by atomic mass is 16.6. The fourth-order valence-electron chi connectivity index (χ4n) is 6.01. The summed E-state index contributed by atoms with van der Waals surface area (Å²) in [4.78, 5) is 2.37. The van der Waals surface area contributed by atoms with Gasteiger partial charge in [-0.25, -0.2) is 4.90 Å². The summed E-state index contributed by atoms with van der Waals surface area (Å²) in [7, 11) is 0. The van der Waals surface area contributed by atoms with Crippen molar-refractivity contribution in [3.8, 4) is 0 Å². The van der Waals surface area contributed by atoms with E-state index in [1.165, 1.54) is 22.3 Å². The third-order valence-corrected chi connectivity index (χ3v) is 8.94. The van der Waals surface area contributed by atoms with Gasteiger partial charge < -0.3 is 14.6 Å². The molecular formula is C34H51NO3. The second-order valence-corrected chi connectivity index (χ2v) is 14.0. The summed E-state index contributed by atoms with van der Waals surface area (Å²) < 4.78 is 12.6. The van der Waals surface area contributed by atoms with Crippen LogP contribution in [-0.4, -0.2) is 47.8 Å². The number of ether oxygens (including phenoxy) is 2. The Kier molecular flexibility index (Phi) is 8.79. The smallest absolute Gasteiger partial charge is 0.113 e. The van der Waals surface area contributed by atoms with E-state index < -0.39 is 5.54 Å². The Morgan fingerprint density at radius 3 is 1.42 bits per heavy atom. The lowest BCUT2D eigenvalue weighted by Crippen LogP contribution is -2.51. The number of benzene rings is 2. The molecule has 4 atom stereocenters. The van der Waals surface area contributed by atoms with Gasteiger partial charge in [0.25, 0.3) is 0 Å². The number of hydrogen-bond donors (Lipinski definition) is 1. The molecule has 2 aromatic rings. The lowest BCUT2D eigenvalue weighted by Gasteiger charge is -2.33. The minimum Gasteiger partial charge on any atom is -0.394 e. The van der Waals surface area contributed by atoms with Crippen molar-refractivity contribution in [2.45, 2.75) is 122 Å². The zero-order valence-electron chi connectivity index (χ0n) is 25.1.